The molecule has 2 aliphatic heterocycles. The van der Waals surface area contributed by atoms with Gasteiger partial charge in [-0.25, -0.2) is 12.7 Å². The first-order valence-corrected chi connectivity index (χ1v) is 14.4. The molecule has 4 rings (SSSR count). The molecule has 2 aromatic rings. The largest absolute Gasteiger partial charge is 0.507 e. The summed E-state index contributed by atoms with van der Waals surface area (Å²) in [5, 5.41) is 11.6. The predicted octanol–water partition coefficient (Wildman–Crippen LogP) is 2.22. The van der Waals surface area contributed by atoms with Gasteiger partial charge in [0.25, 0.3) is 17.6 Å². The Morgan fingerprint density at radius 1 is 0.949 bits per heavy atom. The first kappa shape index (κ1) is 28.5. The fraction of sp³-hybridized carbons (Fsp3) is 0.393. The van der Waals surface area contributed by atoms with E-state index in [0.29, 0.717) is 24.3 Å². The number of ketones is 1. The number of rotatable bonds is 9. The van der Waals surface area contributed by atoms with Gasteiger partial charge < -0.3 is 19.8 Å². The number of carbonyl (C=O) groups is 3. The van der Waals surface area contributed by atoms with E-state index in [-0.39, 0.29) is 22.6 Å². The molecule has 39 heavy (non-hydrogen) atoms. The van der Waals surface area contributed by atoms with Gasteiger partial charge in [-0.1, -0.05) is 32.0 Å². The average molecular weight is 555 g/mol. The Labute approximate surface area is 229 Å². The Balaban J connectivity index is 1.96. The Morgan fingerprint density at radius 2 is 1.56 bits per heavy atom. The second-order valence-electron chi connectivity index (χ2n) is 9.63. The van der Waals surface area contributed by atoms with Gasteiger partial charge in [0.1, 0.15) is 5.76 Å². The molecule has 0 radical (unpaired) electrons. The topological polar surface area (TPSA) is 119 Å². The molecule has 0 unspecified atom stereocenters. The summed E-state index contributed by atoms with van der Waals surface area (Å²) in [6.45, 7) is 8.06. The first-order valence-electron chi connectivity index (χ1n) is 12.9. The number of para-hydroxylation sites is 1. The number of anilines is 1. The van der Waals surface area contributed by atoms with Crippen molar-refractivity contribution in [2.24, 2.45) is 0 Å². The van der Waals surface area contributed by atoms with Crippen LogP contribution in [0.5, 0.6) is 0 Å². The maximum Gasteiger partial charge on any atom is 0.296 e. The lowest BCUT2D eigenvalue weighted by atomic mass is 9.82. The molecule has 10 nitrogen and oxygen atoms in total. The van der Waals surface area contributed by atoms with Crippen LogP contribution < -0.4 is 4.90 Å². The van der Waals surface area contributed by atoms with Gasteiger partial charge >= 0.3 is 0 Å². The van der Waals surface area contributed by atoms with Crippen molar-refractivity contribution in [2.75, 3.05) is 51.7 Å². The highest BCUT2D eigenvalue weighted by atomic mass is 32.2. The Hall–Kier alpha value is -3.54. The molecule has 1 spiro atoms. The van der Waals surface area contributed by atoms with Crippen molar-refractivity contribution in [1.82, 2.24) is 14.1 Å². The lowest BCUT2D eigenvalue weighted by Gasteiger charge is -2.35. The summed E-state index contributed by atoms with van der Waals surface area (Å²) >= 11 is 0. The van der Waals surface area contributed by atoms with E-state index in [1.807, 2.05) is 13.8 Å². The molecule has 1 atom stereocenters. The van der Waals surface area contributed by atoms with E-state index in [2.05, 4.69) is 4.90 Å². The fourth-order valence-electron chi connectivity index (χ4n) is 5.40. The van der Waals surface area contributed by atoms with Crippen molar-refractivity contribution in [1.29, 1.82) is 0 Å². The molecule has 0 bridgehead atoms. The number of carbonyl (C=O) groups excluding carboxylic acids is 3. The smallest absolute Gasteiger partial charge is 0.296 e. The molecule has 208 valence electrons. The van der Waals surface area contributed by atoms with Gasteiger partial charge in [0, 0.05) is 44.9 Å². The molecule has 0 aromatic heterocycles. The molecule has 2 aromatic carbocycles. The number of fused-ring (bicyclic) bond motifs is 2. The van der Waals surface area contributed by atoms with Crippen molar-refractivity contribution in [3.8, 4) is 0 Å². The Bertz CT molecular complexity index is 1450. The fourth-order valence-corrected chi connectivity index (χ4v) is 6.30. The quantitative estimate of drug-likeness (QED) is 0.287. The number of Topliss-reactive ketones (excluding diaryl/α,β-unsaturated/α-hetero) is 1. The van der Waals surface area contributed by atoms with Gasteiger partial charge in [0.05, 0.1) is 16.2 Å². The number of amides is 2. The van der Waals surface area contributed by atoms with E-state index in [4.69, 9.17) is 0 Å². The number of likely N-dealkylation sites (tertiary alicyclic amines) is 1. The third kappa shape index (κ3) is 4.25. The maximum atomic E-state index is 14.2. The van der Waals surface area contributed by atoms with Crippen LogP contribution in [0.15, 0.2) is 59.0 Å². The lowest BCUT2D eigenvalue weighted by Crippen LogP contribution is -2.53. The Kier molecular flexibility index (Phi) is 7.70. The second-order valence-corrected chi connectivity index (χ2v) is 11.8. The van der Waals surface area contributed by atoms with E-state index in [9.17, 15) is 27.9 Å². The van der Waals surface area contributed by atoms with Crippen LogP contribution in [0.1, 0.15) is 31.9 Å². The number of benzene rings is 2. The van der Waals surface area contributed by atoms with Crippen LogP contribution in [0.25, 0.3) is 5.76 Å². The highest BCUT2D eigenvalue weighted by molar-refractivity contribution is 7.89. The van der Waals surface area contributed by atoms with E-state index in [1.54, 1.807) is 31.2 Å². The number of likely N-dealkylation sites (N-methyl/N-ethyl adjacent to an activating group) is 2. The van der Waals surface area contributed by atoms with Crippen molar-refractivity contribution in [3.05, 3.63) is 65.2 Å². The second kappa shape index (κ2) is 10.6. The molecule has 2 aliphatic rings. The molecule has 1 fully saturated rings. The summed E-state index contributed by atoms with van der Waals surface area (Å²) < 4.78 is 26.1. The van der Waals surface area contributed by atoms with Crippen LogP contribution in [0.3, 0.4) is 0 Å². The average Bonchev–Trinajstić information content (AvgIpc) is 3.31. The standard InChI is InChI=1S/C28H34N4O6S/c1-6-30(7-2)17-18-32-26(35)25(34)23(24(33)19-13-15-20(16-14-19)39(37,38)29(4)5)28(32)21-11-9-10-12-22(21)31(8-3)27(28)36/h9-16,33H,6-8,17-18H2,1-5H3/t28-/m0/s1. The molecule has 0 aliphatic carbocycles. The van der Waals surface area contributed by atoms with Crippen LogP contribution >= 0.6 is 0 Å². The SMILES string of the molecule is CCN(CC)CCN1C(=O)C(=O)C(=C(O)c2ccc(S(=O)(=O)N(C)C)cc2)[C@@]12C(=O)N(CC)c1ccccc12. The van der Waals surface area contributed by atoms with E-state index in [1.165, 1.54) is 48.2 Å². The van der Waals surface area contributed by atoms with Gasteiger partial charge in [0.2, 0.25) is 10.0 Å². The molecular weight excluding hydrogens is 520 g/mol. The zero-order chi connectivity index (χ0) is 28.7. The molecule has 11 heteroatoms. The van der Waals surface area contributed by atoms with Gasteiger partial charge in [-0.15, -0.1) is 0 Å². The molecule has 0 saturated carbocycles. The summed E-state index contributed by atoms with van der Waals surface area (Å²) in [5.74, 6) is -2.85. The number of nitrogens with zero attached hydrogens (tertiary/aromatic N) is 4. The van der Waals surface area contributed by atoms with Crippen LogP contribution in [0, 0.1) is 0 Å². The maximum absolute atomic E-state index is 14.2. The zero-order valence-corrected chi connectivity index (χ0v) is 23.7. The first-order chi connectivity index (χ1) is 18.5. The van der Waals surface area contributed by atoms with Gasteiger partial charge in [-0.3, -0.25) is 14.4 Å². The summed E-state index contributed by atoms with van der Waals surface area (Å²) in [6.07, 6.45) is 0. The number of sulfonamides is 1. The summed E-state index contributed by atoms with van der Waals surface area (Å²) in [7, 11) is -0.913. The molecule has 1 N–H and O–H groups in total. The van der Waals surface area contributed by atoms with Crippen LogP contribution in [0.4, 0.5) is 5.69 Å². The number of hydrogen-bond donors (Lipinski definition) is 1. The Morgan fingerprint density at radius 3 is 2.13 bits per heavy atom. The predicted molar refractivity (Wildman–Crippen MR) is 148 cm³/mol. The normalized spacial score (nSPS) is 20.6. The zero-order valence-electron chi connectivity index (χ0n) is 22.8. The summed E-state index contributed by atoms with van der Waals surface area (Å²) in [6, 6.07) is 12.3. The lowest BCUT2D eigenvalue weighted by molar-refractivity contribution is -0.143. The van der Waals surface area contributed by atoms with Gasteiger partial charge in [-0.05, 0) is 50.3 Å². The summed E-state index contributed by atoms with van der Waals surface area (Å²) in [5.41, 5.74) is -1.02. The van der Waals surface area contributed by atoms with E-state index >= 15 is 0 Å². The minimum absolute atomic E-state index is 0.00196. The molecule has 2 amide bonds. The van der Waals surface area contributed by atoms with Crippen molar-refractivity contribution in [2.45, 2.75) is 31.2 Å². The number of hydrogen-bond acceptors (Lipinski definition) is 7. The third-order valence-electron chi connectivity index (χ3n) is 7.57. The highest BCUT2D eigenvalue weighted by Crippen LogP contribution is 2.53. The van der Waals surface area contributed by atoms with Crippen LogP contribution in [-0.2, 0) is 29.9 Å². The van der Waals surface area contributed by atoms with Crippen LogP contribution in [-0.4, -0.2) is 92.0 Å². The summed E-state index contributed by atoms with van der Waals surface area (Å²) in [4.78, 5) is 46.4. The minimum atomic E-state index is -3.73. The monoisotopic (exact) mass is 554 g/mol. The highest BCUT2D eigenvalue weighted by Gasteiger charge is 2.66. The minimum Gasteiger partial charge on any atom is -0.507 e. The van der Waals surface area contributed by atoms with Crippen LogP contribution in [0.2, 0.25) is 0 Å². The molecular formula is C28H34N4O6S. The molecule has 2 heterocycles. The van der Waals surface area contributed by atoms with Crippen molar-refractivity contribution >= 4 is 39.1 Å². The van der Waals surface area contributed by atoms with Crippen molar-refractivity contribution in [3.63, 3.8) is 0 Å². The number of aliphatic hydroxyl groups excluding tert-OH is 1. The third-order valence-corrected chi connectivity index (χ3v) is 9.40. The van der Waals surface area contributed by atoms with Crippen molar-refractivity contribution < 1.29 is 27.9 Å². The van der Waals surface area contributed by atoms with Gasteiger partial charge in [0.15, 0.2) is 5.54 Å². The number of aliphatic hydroxyl groups is 1. The van der Waals surface area contributed by atoms with Gasteiger partial charge in [-0.2, -0.15) is 0 Å². The van der Waals surface area contributed by atoms with E-state index in [0.717, 1.165) is 17.4 Å². The van der Waals surface area contributed by atoms with E-state index < -0.39 is 38.9 Å². The molecule has 1 saturated heterocycles.